The first kappa shape index (κ1) is 20.1. The molecule has 3 N–H and O–H groups in total. The van der Waals surface area contributed by atoms with Gasteiger partial charge in [0.15, 0.2) is 0 Å². The summed E-state index contributed by atoms with van der Waals surface area (Å²) in [6.45, 7) is 4.28. The van der Waals surface area contributed by atoms with E-state index in [1.54, 1.807) is 0 Å². The van der Waals surface area contributed by atoms with Crippen LogP contribution in [0.15, 0.2) is 42.5 Å². The van der Waals surface area contributed by atoms with Gasteiger partial charge in [-0.05, 0) is 29.2 Å². The van der Waals surface area contributed by atoms with Crippen molar-refractivity contribution in [1.29, 1.82) is 0 Å². The molecule has 0 saturated heterocycles. The van der Waals surface area contributed by atoms with Crippen LogP contribution in [0.3, 0.4) is 0 Å². The van der Waals surface area contributed by atoms with Gasteiger partial charge in [0.2, 0.25) is 0 Å². The maximum absolute atomic E-state index is 13.5. The number of benzene rings is 2. The second-order valence-electron chi connectivity index (χ2n) is 5.73. The predicted octanol–water partition coefficient (Wildman–Crippen LogP) is 3.94. The van der Waals surface area contributed by atoms with Gasteiger partial charge < -0.3 is 11.1 Å². The van der Waals surface area contributed by atoms with Crippen molar-refractivity contribution in [3.63, 3.8) is 0 Å². The zero-order chi connectivity index (χ0) is 17.0. The summed E-state index contributed by atoms with van der Waals surface area (Å²) in [5, 5.41) is 2.47. The quantitative estimate of drug-likeness (QED) is 0.854. The van der Waals surface area contributed by atoms with Crippen molar-refractivity contribution in [1.82, 2.24) is 5.32 Å². The summed E-state index contributed by atoms with van der Waals surface area (Å²) in [5.41, 5.74) is 7.48. The van der Waals surface area contributed by atoms with Crippen LogP contribution in [0.2, 0.25) is 0 Å². The molecular weight excluding hydrogens is 334 g/mol. The molecule has 0 aliphatic heterocycles. The Morgan fingerprint density at radius 1 is 1.04 bits per heavy atom. The molecule has 24 heavy (non-hydrogen) atoms. The molecule has 0 aliphatic rings. The second kappa shape index (κ2) is 8.76. The van der Waals surface area contributed by atoms with Crippen LogP contribution >= 0.6 is 12.4 Å². The highest BCUT2D eigenvalue weighted by atomic mass is 35.5. The first-order chi connectivity index (χ1) is 10.9. The van der Waals surface area contributed by atoms with Gasteiger partial charge in [0.1, 0.15) is 17.2 Å². The zero-order valence-corrected chi connectivity index (χ0v) is 14.4. The van der Waals surface area contributed by atoms with Crippen molar-refractivity contribution in [2.45, 2.75) is 25.8 Å². The minimum absolute atomic E-state index is 0. The van der Waals surface area contributed by atoms with Crippen LogP contribution in [-0.2, 0) is 0 Å². The fraction of sp³-hybridized carbons (Fsp3) is 0.278. The molecule has 2 aromatic carbocycles. The molecule has 2 aromatic rings. The lowest BCUT2D eigenvalue weighted by Gasteiger charge is -2.15. The minimum Gasteiger partial charge on any atom is -0.350 e. The van der Waals surface area contributed by atoms with E-state index in [2.05, 4.69) is 19.2 Å². The highest BCUT2D eigenvalue weighted by Crippen LogP contribution is 2.18. The molecule has 2 rings (SSSR count). The van der Waals surface area contributed by atoms with Gasteiger partial charge in [0.25, 0.3) is 5.91 Å². The molecule has 0 fully saturated rings. The van der Waals surface area contributed by atoms with E-state index in [4.69, 9.17) is 5.73 Å². The molecule has 0 radical (unpaired) electrons. The molecule has 1 atom stereocenters. The summed E-state index contributed by atoms with van der Waals surface area (Å²) in [7, 11) is 0. The highest BCUT2D eigenvalue weighted by molar-refractivity contribution is 5.94. The van der Waals surface area contributed by atoms with Crippen molar-refractivity contribution < 1.29 is 13.6 Å². The maximum atomic E-state index is 13.5. The standard InChI is InChI=1S/C18H20F2N2O.ClH/c1-11(2)12-6-8-13(9-7-12)16(21)10-22-18(23)17-14(19)4-3-5-15(17)20;/h3-9,11,16H,10,21H2,1-2H3,(H,22,23);1H. The average molecular weight is 355 g/mol. The number of amides is 1. The zero-order valence-electron chi connectivity index (χ0n) is 13.6. The summed E-state index contributed by atoms with van der Waals surface area (Å²) in [6, 6.07) is 10.6. The van der Waals surface area contributed by atoms with Gasteiger partial charge in [0, 0.05) is 12.6 Å². The average Bonchev–Trinajstić information content (AvgIpc) is 2.52. The lowest BCUT2D eigenvalue weighted by Crippen LogP contribution is -2.33. The van der Waals surface area contributed by atoms with Crippen LogP contribution in [0, 0.1) is 11.6 Å². The van der Waals surface area contributed by atoms with E-state index in [0.717, 1.165) is 17.7 Å². The number of nitrogens with one attached hydrogen (secondary N) is 1. The van der Waals surface area contributed by atoms with Gasteiger partial charge >= 0.3 is 0 Å². The van der Waals surface area contributed by atoms with E-state index in [1.807, 2.05) is 24.3 Å². The number of halogens is 3. The van der Waals surface area contributed by atoms with E-state index in [1.165, 1.54) is 11.6 Å². The van der Waals surface area contributed by atoms with Crippen LogP contribution in [0.1, 0.15) is 47.3 Å². The molecule has 0 bridgehead atoms. The molecular formula is C18H21ClF2N2O. The lowest BCUT2D eigenvalue weighted by atomic mass is 9.99. The summed E-state index contributed by atoms with van der Waals surface area (Å²) in [5.74, 6) is -2.17. The van der Waals surface area contributed by atoms with E-state index < -0.39 is 29.1 Å². The van der Waals surface area contributed by atoms with Gasteiger partial charge in [-0.15, -0.1) is 12.4 Å². The van der Waals surface area contributed by atoms with Gasteiger partial charge in [0.05, 0.1) is 0 Å². The molecule has 130 valence electrons. The number of hydrogen-bond donors (Lipinski definition) is 2. The first-order valence-corrected chi connectivity index (χ1v) is 7.47. The van der Waals surface area contributed by atoms with E-state index >= 15 is 0 Å². The third-order valence-corrected chi connectivity index (χ3v) is 3.70. The van der Waals surface area contributed by atoms with Crippen molar-refractivity contribution >= 4 is 18.3 Å². The molecule has 0 aliphatic carbocycles. The monoisotopic (exact) mass is 354 g/mol. The summed E-state index contributed by atoms with van der Waals surface area (Å²) < 4.78 is 27.1. The smallest absolute Gasteiger partial charge is 0.257 e. The van der Waals surface area contributed by atoms with Crippen molar-refractivity contribution in [2.24, 2.45) is 5.73 Å². The minimum atomic E-state index is -0.891. The van der Waals surface area contributed by atoms with Crippen LogP contribution < -0.4 is 11.1 Å². The molecule has 6 heteroatoms. The Kier molecular flexibility index (Phi) is 7.32. The van der Waals surface area contributed by atoms with Crippen LogP contribution in [0.5, 0.6) is 0 Å². The van der Waals surface area contributed by atoms with Gasteiger partial charge in [-0.1, -0.05) is 44.2 Å². The Balaban J connectivity index is 0.00000288. The van der Waals surface area contributed by atoms with E-state index in [0.29, 0.717) is 5.92 Å². The summed E-state index contributed by atoms with van der Waals surface area (Å²) in [4.78, 5) is 11.9. The van der Waals surface area contributed by atoms with Crippen LogP contribution in [0.25, 0.3) is 0 Å². The van der Waals surface area contributed by atoms with E-state index in [-0.39, 0.29) is 19.0 Å². The Bertz CT molecular complexity index is 670. The number of nitrogens with two attached hydrogens (primary N) is 1. The van der Waals surface area contributed by atoms with Gasteiger partial charge in [-0.3, -0.25) is 4.79 Å². The fourth-order valence-corrected chi connectivity index (χ4v) is 2.25. The normalized spacial score (nSPS) is 11.8. The number of carbonyl (C=O) groups is 1. The molecule has 3 nitrogen and oxygen atoms in total. The third kappa shape index (κ3) is 4.76. The van der Waals surface area contributed by atoms with Crippen molar-refractivity contribution in [3.05, 3.63) is 70.8 Å². The van der Waals surface area contributed by atoms with E-state index in [9.17, 15) is 13.6 Å². The third-order valence-electron chi connectivity index (χ3n) is 3.70. The predicted molar refractivity (Wildman–Crippen MR) is 93.4 cm³/mol. The highest BCUT2D eigenvalue weighted by Gasteiger charge is 2.17. The van der Waals surface area contributed by atoms with Crippen molar-refractivity contribution in [2.75, 3.05) is 6.54 Å². The Morgan fingerprint density at radius 2 is 1.54 bits per heavy atom. The Hall–Kier alpha value is -1.98. The summed E-state index contributed by atoms with van der Waals surface area (Å²) in [6.07, 6.45) is 0. The lowest BCUT2D eigenvalue weighted by molar-refractivity contribution is 0.0942. The van der Waals surface area contributed by atoms with Gasteiger partial charge in [-0.25, -0.2) is 8.78 Å². The molecule has 1 unspecified atom stereocenters. The Morgan fingerprint density at radius 3 is 2.04 bits per heavy atom. The maximum Gasteiger partial charge on any atom is 0.257 e. The number of hydrogen-bond acceptors (Lipinski definition) is 2. The Labute approximate surface area is 146 Å². The summed E-state index contributed by atoms with van der Waals surface area (Å²) >= 11 is 0. The molecule has 0 saturated carbocycles. The van der Waals surface area contributed by atoms with Crippen molar-refractivity contribution in [3.8, 4) is 0 Å². The fourth-order valence-electron chi connectivity index (χ4n) is 2.25. The second-order valence-corrected chi connectivity index (χ2v) is 5.73. The SMILES string of the molecule is CC(C)c1ccc(C(N)CNC(=O)c2c(F)cccc2F)cc1.Cl. The molecule has 0 aromatic heterocycles. The number of rotatable bonds is 5. The number of carbonyl (C=O) groups excluding carboxylic acids is 1. The largest absolute Gasteiger partial charge is 0.350 e. The van der Waals surface area contributed by atoms with Crippen LogP contribution in [-0.4, -0.2) is 12.5 Å². The first-order valence-electron chi connectivity index (χ1n) is 7.47. The van der Waals surface area contributed by atoms with Crippen LogP contribution in [0.4, 0.5) is 8.78 Å². The molecule has 0 spiro atoms. The molecule has 0 heterocycles. The molecule has 1 amide bonds. The van der Waals surface area contributed by atoms with Gasteiger partial charge in [-0.2, -0.15) is 0 Å². The topological polar surface area (TPSA) is 55.1 Å².